The molecule has 0 saturated carbocycles. The molecule has 0 N–H and O–H groups in total. The molecule has 0 radical (unpaired) electrons. The molecular weight excluding hydrogens is 188 g/mol. The zero-order chi connectivity index (χ0) is 8.15. The number of nitrogens with zero attached hydrogens (tertiary/aromatic N) is 1. The van der Waals surface area contributed by atoms with Gasteiger partial charge < -0.3 is 4.18 Å². The molecule has 0 aliphatic heterocycles. The molecule has 0 rings (SSSR count). The van der Waals surface area contributed by atoms with E-state index in [1.807, 2.05) is 0 Å². The summed E-state index contributed by atoms with van der Waals surface area (Å²) in [7, 11) is 1.18. The van der Waals surface area contributed by atoms with Crippen molar-refractivity contribution in [3.05, 3.63) is 0 Å². The van der Waals surface area contributed by atoms with Crippen molar-refractivity contribution in [3.63, 3.8) is 0 Å². The first-order chi connectivity index (χ1) is 4.54. The second-order valence-corrected chi connectivity index (χ2v) is 2.41. The van der Waals surface area contributed by atoms with Crippen LogP contribution >= 0.6 is 23.8 Å². The summed E-state index contributed by atoms with van der Waals surface area (Å²) in [6.45, 7) is 0. The Labute approximate surface area is 65.6 Å². The predicted molar refractivity (Wildman–Crippen MR) is 33.7 cm³/mol. The van der Waals surface area contributed by atoms with Gasteiger partial charge in [-0.3, -0.25) is 0 Å². The quantitative estimate of drug-likeness (QED) is 0.494. The van der Waals surface area contributed by atoms with Crippen LogP contribution in [-0.2, 0) is 4.18 Å². The Bertz CT molecular complexity index is 123. The van der Waals surface area contributed by atoms with Gasteiger partial charge in [0.15, 0.2) is 0 Å². The lowest BCUT2D eigenvalue weighted by Gasteiger charge is -2.04. The van der Waals surface area contributed by atoms with E-state index in [4.69, 9.17) is 11.8 Å². The van der Waals surface area contributed by atoms with Gasteiger partial charge in [-0.25, -0.2) is 9.21 Å². The lowest BCUT2D eigenvalue weighted by molar-refractivity contribution is 0.186. The van der Waals surface area contributed by atoms with Crippen molar-refractivity contribution in [1.82, 2.24) is 4.42 Å². The van der Waals surface area contributed by atoms with Crippen LogP contribution in [-0.4, -0.2) is 23.3 Å². The van der Waals surface area contributed by atoms with Crippen LogP contribution in [0.3, 0.4) is 0 Å². The summed E-state index contributed by atoms with van der Waals surface area (Å²) >= 11 is 4.77. The molecule has 0 saturated heterocycles. The molecule has 0 heterocycles. The van der Waals surface area contributed by atoms with Crippen LogP contribution in [0.25, 0.3) is 0 Å². The zero-order valence-electron chi connectivity index (χ0n) is 4.88. The Kier molecular flexibility index (Phi) is 4.46. The molecule has 0 spiro atoms. The van der Waals surface area contributed by atoms with E-state index in [-0.39, 0.29) is 12.0 Å². The van der Waals surface area contributed by atoms with Crippen LogP contribution in [0.4, 0.5) is 13.6 Å². The van der Waals surface area contributed by atoms with Crippen molar-refractivity contribution in [1.29, 1.82) is 0 Å². The minimum absolute atomic E-state index is 0.241. The van der Waals surface area contributed by atoms with E-state index in [1.54, 1.807) is 0 Å². The minimum Gasteiger partial charge on any atom is -0.368 e. The van der Waals surface area contributed by atoms with Crippen LogP contribution in [0.1, 0.15) is 0 Å². The third-order valence-electron chi connectivity index (χ3n) is 0.444. The lowest BCUT2D eigenvalue weighted by Crippen LogP contribution is -2.15. The molecule has 3 nitrogen and oxygen atoms in total. The highest BCUT2D eigenvalue weighted by atomic mass is 35.5. The molecule has 0 aliphatic rings. The summed E-state index contributed by atoms with van der Waals surface area (Å²) in [6, 6.07) is 0. The van der Waals surface area contributed by atoms with Gasteiger partial charge in [0.05, 0.1) is 0 Å². The van der Waals surface area contributed by atoms with Crippen molar-refractivity contribution in [2.24, 2.45) is 0 Å². The highest BCUT2D eigenvalue weighted by Gasteiger charge is 2.12. The van der Waals surface area contributed by atoms with Crippen LogP contribution in [0.2, 0.25) is 0 Å². The third-order valence-corrected chi connectivity index (χ3v) is 0.966. The molecule has 0 atom stereocenters. The van der Waals surface area contributed by atoms with Gasteiger partial charge in [0, 0.05) is 18.8 Å². The fourth-order valence-corrected chi connectivity index (χ4v) is 0.471. The van der Waals surface area contributed by atoms with Gasteiger partial charge in [0.2, 0.25) is 0 Å². The second-order valence-electron chi connectivity index (χ2n) is 1.18. The molecule has 0 bridgehead atoms. The van der Waals surface area contributed by atoms with Crippen molar-refractivity contribution in [2.45, 2.75) is 5.76 Å². The van der Waals surface area contributed by atoms with E-state index in [9.17, 15) is 13.6 Å². The average molecular weight is 192 g/mol. The number of hydrogen-bond donors (Lipinski definition) is 0. The van der Waals surface area contributed by atoms with Gasteiger partial charge in [-0.2, -0.15) is 8.78 Å². The smallest absolute Gasteiger partial charge is 0.368 e. The largest absolute Gasteiger partial charge is 0.436 e. The molecule has 0 aromatic heterocycles. The summed E-state index contributed by atoms with van der Waals surface area (Å²) in [5, 5.41) is 0. The maximum absolute atomic E-state index is 11.3. The van der Waals surface area contributed by atoms with E-state index >= 15 is 0 Å². The van der Waals surface area contributed by atoms with Crippen molar-refractivity contribution in [3.8, 4) is 0 Å². The van der Waals surface area contributed by atoms with E-state index in [0.29, 0.717) is 4.42 Å². The van der Waals surface area contributed by atoms with Crippen molar-refractivity contribution < 1.29 is 17.8 Å². The van der Waals surface area contributed by atoms with Crippen molar-refractivity contribution in [2.75, 3.05) is 7.05 Å². The fourth-order valence-electron chi connectivity index (χ4n) is 0.129. The SMILES string of the molecule is CN(Cl)C(=O)OSC(F)F. The Morgan fingerprint density at radius 1 is 1.80 bits per heavy atom. The first kappa shape index (κ1) is 9.77. The van der Waals surface area contributed by atoms with Crippen LogP contribution < -0.4 is 0 Å². The van der Waals surface area contributed by atoms with Gasteiger partial charge in [0.25, 0.3) is 0 Å². The molecule has 60 valence electrons. The summed E-state index contributed by atoms with van der Waals surface area (Å²) in [5.41, 5.74) is 0. The molecule has 0 fully saturated rings. The average Bonchev–Trinajstić information content (AvgIpc) is 1.82. The molecule has 1 amide bonds. The van der Waals surface area contributed by atoms with E-state index in [2.05, 4.69) is 4.18 Å². The number of alkyl halides is 2. The number of carbonyl (C=O) groups excluding carboxylic acids is 1. The standard InChI is InChI=1S/C3H4ClF2NO2S/c1-7(4)3(8)9-10-2(5)6/h2H,1H3. The minimum atomic E-state index is -2.74. The summed E-state index contributed by atoms with van der Waals surface area (Å²) in [4.78, 5) is 10.3. The topological polar surface area (TPSA) is 29.5 Å². The van der Waals surface area contributed by atoms with Crippen LogP contribution in [0, 0.1) is 0 Å². The number of rotatable bonds is 2. The van der Waals surface area contributed by atoms with Gasteiger partial charge in [0.1, 0.15) is 12.0 Å². The van der Waals surface area contributed by atoms with Gasteiger partial charge in [-0.15, -0.1) is 0 Å². The van der Waals surface area contributed by atoms with Gasteiger partial charge >= 0.3 is 11.9 Å². The molecule has 10 heavy (non-hydrogen) atoms. The molecule has 0 unspecified atom stereocenters. The zero-order valence-corrected chi connectivity index (χ0v) is 6.46. The predicted octanol–water partition coefficient (Wildman–Crippen LogP) is 2.08. The summed E-state index contributed by atoms with van der Waals surface area (Å²) in [6.07, 6.45) is -1.02. The van der Waals surface area contributed by atoms with E-state index in [0.717, 1.165) is 0 Å². The molecule has 7 heteroatoms. The van der Waals surface area contributed by atoms with Crippen LogP contribution in [0.15, 0.2) is 0 Å². The molecular formula is C3H4ClF2NO2S. The first-order valence-electron chi connectivity index (χ1n) is 2.09. The second kappa shape index (κ2) is 4.56. The Balaban J connectivity index is 3.40. The fraction of sp³-hybridized carbons (Fsp3) is 0.667. The highest BCUT2D eigenvalue weighted by Crippen LogP contribution is 2.15. The monoisotopic (exact) mass is 191 g/mol. The Morgan fingerprint density at radius 3 is 2.60 bits per heavy atom. The maximum atomic E-state index is 11.3. The number of carbonyl (C=O) groups is 1. The summed E-state index contributed by atoms with van der Waals surface area (Å²) < 4.78 is 27.0. The van der Waals surface area contributed by atoms with E-state index in [1.165, 1.54) is 7.05 Å². The van der Waals surface area contributed by atoms with Gasteiger partial charge in [-0.1, -0.05) is 0 Å². The first-order valence-corrected chi connectivity index (χ1v) is 3.23. The Hall–Kier alpha value is -0.230. The lowest BCUT2D eigenvalue weighted by atomic mass is 11.1. The maximum Gasteiger partial charge on any atom is 0.436 e. The summed E-state index contributed by atoms with van der Waals surface area (Å²) in [5.74, 6) is -2.74. The highest BCUT2D eigenvalue weighted by molar-refractivity contribution is 7.95. The molecule has 0 aromatic rings. The van der Waals surface area contributed by atoms with Crippen LogP contribution in [0.5, 0.6) is 0 Å². The number of halogens is 3. The number of amides is 1. The number of hydrogen-bond acceptors (Lipinski definition) is 3. The van der Waals surface area contributed by atoms with E-state index < -0.39 is 11.9 Å². The normalized spacial score (nSPS) is 9.70. The molecule has 0 aliphatic carbocycles. The third kappa shape index (κ3) is 4.63. The Morgan fingerprint density at radius 2 is 2.30 bits per heavy atom. The molecule has 0 aromatic carbocycles. The van der Waals surface area contributed by atoms with Gasteiger partial charge in [-0.05, 0) is 0 Å². The van der Waals surface area contributed by atoms with Crippen molar-refractivity contribution >= 4 is 29.9 Å².